The van der Waals surface area contributed by atoms with Crippen molar-refractivity contribution >= 4 is 9.84 Å². The van der Waals surface area contributed by atoms with E-state index in [0.29, 0.717) is 23.2 Å². The molecule has 0 spiro atoms. The molecule has 1 aliphatic heterocycles. The van der Waals surface area contributed by atoms with Crippen molar-refractivity contribution in [2.45, 2.75) is 42.5 Å². The van der Waals surface area contributed by atoms with Gasteiger partial charge in [-0.2, -0.15) is 4.98 Å². The fourth-order valence-electron chi connectivity index (χ4n) is 3.25. The first-order valence-corrected chi connectivity index (χ1v) is 10.1. The summed E-state index contributed by atoms with van der Waals surface area (Å²) in [7, 11) is -3.26. The SMILES string of the molecule is O=S(=O)(CCN1CCC[C@H]1c1noc(C2CC2)n1)c1ccccc1. The Morgan fingerprint density at radius 3 is 2.71 bits per heavy atom. The lowest BCUT2D eigenvalue weighted by Gasteiger charge is -2.21. The third-order valence-corrected chi connectivity index (χ3v) is 6.51. The molecule has 128 valence electrons. The molecule has 1 aliphatic carbocycles. The maximum Gasteiger partial charge on any atom is 0.229 e. The van der Waals surface area contributed by atoms with Crippen molar-refractivity contribution in [3.63, 3.8) is 0 Å². The largest absolute Gasteiger partial charge is 0.339 e. The van der Waals surface area contributed by atoms with Crippen LogP contribution in [0.4, 0.5) is 0 Å². The molecule has 1 saturated heterocycles. The van der Waals surface area contributed by atoms with E-state index >= 15 is 0 Å². The summed E-state index contributed by atoms with van der Waals surface area (Å²) in [5, 5.41) is 4.14. The predicted octanol–water partition coefficient (Wildman–Crippen LogP) is 2.56. The van der Waals surface area contributed by atoms with Crippen LogP contribution in [0.25, 0.3) is 0 Å². The summed E-state index contributed by atoms with van der Waals surface area (Å²) in [5.41, 5.74) is 0. The van der Waals surface area contributed by atoms with Gasteiger partial charge >= 0.3 is 0 Å². The molecule has 2 fully saturated rings. The van der Waals surface area contributed by atoms with Gasteiger partial charge in [0, 0.05) is 12.5 Å². The molecule has 24 heavy (non-hydrogen) atoms. The lowest BCUT2D eigenvalue weighted by molar-refractivity contribution is 0.255. The lowest BCUT2D eigenvalue weighted by Crippen LogP contribution is -2.29. The molecule has 7 heteroatoms. The molecule has 1 atom stereocenters. The van der Waals surface area contributed by atoms with Crippen LogP contribution in [0.1, 0.15) is 49.4 Å². The molecule has 6 nitrogen and oxygen atoms in total. The first kappa shape index (κ1) is 15.8. The van der Waals surface area contributed by atoms with Crippen molar-refractivity contribution in [2.24, 2.45) is 0 Å². The van der Waals surface area contributed by atoms with Crippen LogP contribution in [0, 0.1) is 0 Å². The third kappa shape index (κ3) is 3.23. The minimum absolute atomic E-state index is 0.0761. The highest BCUT2D eigenvalue weighted by Crippen LogP contribution is 2.40. The minimum atomic E-state index is -3.26. The van der Waals surface area contributed by atoms with E-state index in [1.807, 2.05) is 6.07 Å². The first-order valence-electron chi connectivity index (χ1n) is 8.49. The van der Waals surface area contributed by atoms with Crippen LogP contribution in [0.3, 0.4) is 0 Å². The number of rotatable bonds is 6. The van der Waals surface area contributed by atoms with Crippen molar-refractivity contribution in [1.82, 2.24) is 15.0 Å². The quantitative estimate of drug-likeness (QED) is 0.799. The van der Waals surface area contributed by atoms with Crippen LogP contribution in [-0.4, -0.2) is 42.3 Å². The van der Waals surface area contributed by atoms with Gasteiger partial charge in [0.2, 0.25) is 5.89 Å². The second-order valence-electron chi connectivity index (χ2n) is 6.59. The highest BCUT2D eigenvalue weighted by molar-refractivity contribution is 7.91. The Kier molecular flexibility index (Phi) is 4.14. The van der Waals surface area contributed by atoms with Crippen LogP contribution in [-0.2, 0) is 9.84 Å². The van der Waals surface area contributed by atoms with Gasteiger partial charge in [-0.25, -0.2) is 8.42 Å². The first-order chi connectivity index (χ1) is 11.6. The molecule has 1 aromatic carbocycles. The average Bonchev–Trinajstić information content (AvgIpc) is 3.14. The molecule has 0 N–H and O–H groups in total. The maximum absolute atomic E-state index is 12.5. The molecule has 4 rings (SSSR count). The van der Waals surface area contributed by atoms with Crippen molar-refractivity contribution < 1.29 is 12.9 Å². The molecule has 1 saturated carbocycles. The summed E-state index contributed by atoms with van der Waals surface area (Å²) in [6, 6.07) is 8.71. The third-order valence-electron chi connectivity index (χ3n) is 4.80. The standard InChI is InChI=1S/C17H21N3O3S/c21-24(22,14-5-2-1-3-6-14)12-11-20-10-4-7-15(20)16-18-17(23-19-16)13-8-9-13/h1-3,5-6,13,15H,4,7-12H2/t15-/m0/s1. The van der Waals surface area contributed by atoms with E-state index in [2.05, 4.69) is 15.0 Å². The topological polar surface area (TPSA) is 76.3 Å². The predicted molar refractivity (Wildman–Crippen MR) is 88.3 cm³/mol. The maximum atomic E-state index is 12.5. The zero-order valence-corrected chi connectivity index (χ0v) is 14.3. The van der Waals surface area contributed by atoms with Gasteiger partial charge in [-0.1, -0.05) is 23.4 Å². The van der Waals surface area contributed by atoms with E-state index in [1.54, 1.807) is 24.3 Å². The average molecular weight is 347 g/mol. The fraction of sp³-hybridized carbons (Fsp3) is 0.529. The molecular weight excluding hydrogens is 326 g/mol. The number of hydrogen-bond donors (Lipinski definition) is 0. The van der Waals surface area contributed by atoms with Crippen molar-refractivity contribution in [3.05, 3.63) is 42.0 Å². The number of sulfone groups is 1. The summed E-state index contributed by atoms with van der Waals surface area (Å²) in [4.78, 5) is 7.09. The molecule has 0 bridgehead atoms. The van der Waals surface area contributed by atoms with Crippen LogP contribution in [0.5, 0.6) is 0 Å². The number of likely N-dealkylation sites (tertiary alicyclic amines) is 1. The monoisotopic (exact) mass is 347 g/mol. The smallest absolute Gasteiger partial charge is 0.229 e. The van der Waals surface area contributed by atoms with E-state index in [-0.39, 0.29) is 11.8 Å². The highest BCUT2D eigenvalue weighted by atomic mass is 32.2. The Hall–Kier alpha value is -1.73. The second-order valence-corrected chi connectivity index (χ2v) is 8.70. The molecule has 0 amide bonds. The van der Waals surface area contributed by atoms with Gasteiger partial charge in [-0.15, -0.1) is 0 Å². The van der Waals surface area contributed by atoms with Gasteiger partial charge in [0.05, 0.1) is 16.7 Å². The van der Waals surface area contributed by atoms with Crippen LogP contribution < -0.4 is 0 Å². The normalized spacial score (nSPS) is 22.1. The Morgan fingerprint density at radius 1 is 1.17 bits per heavy atom. The van der Waals surface area contributed by atoms with Gasteiger partial charge in [0.25, 0.3) is 0 Å². The van der Waals surface area contributed by atoms with Gasteiger partial charge in [-0.3, -0.25) is 4.90 Å². The second kappa shape index (κ2) is 6.29. The van der Waals surface area contributed by atoms with Gasteiger partial charge in [0.15, 0.2) is 15.7 Å². The summed E-state index contributed by atoms with van der Waals surface area (Å²) < 4.78 is 30.3. The summed E-state index contributed by atoms with van der Waals surface area (Å²) >= 11 is 0. The van der Waals surface area contributed by atoms with E-state index in [4.69, 9.17) is 4.52 Å². The number of aromatic nitrogens is 2. The zero-order valence-electron chi connectivity index (χ0n) is 13.5. The van der Waals surface area contributed by atoms with E-state index < -0.39 is 9.84 Å². The molecule has 1 aromatic heterocycles. The van der Waals surface area contributed by atoms with Crippen LogP contribution >= 0.6 is 0 Å². The molecule has 2 aliphatic rings. The van der Waals surface area contributed by atoms with Crippen LogP contribution in [0.2, 0.25) is 0 Å². The molecule has 0 radical (unpaired) electrons. The summed E-state index contributed by atoms with van der Waals surface area (Å²) in [6.07, 6.45) is 4.25. The highest BCUT2D eigenvalue weighted by Gasteiger charge is 2.34. The summed E-state index contributed by atoms with van der Waals surface area (Å²) in [6.45, 7) is 1.37. The van der Waals surface area contributed by atoms with Crippen molar-refractivity contribution in [3.8, 4) is 0 Å². The van der Waals surface area contributed by atoms with Gasteiger partial charge < -0.3 is 4.52 Å². The van der Waals surface area contributed by atoms with E-state index in [9.17, 15) is 8.42 Å². The molecular formula is C17H21N3O3S. The van der Waals surface area contributed by atoms with Gasteiger partial charge in [-0.05, 0) is 44.4 Å². The molecule has 2 heterocycles. The fourth-order valence-corrected chi connectivity index (χ4v) is 4.53. The van der Waals surface area contributed by atoms with Crippen LogP contribution in [0.15, 0.2) is 39.8 Å². The lowest BCUT2D eigenvalue weighted by atomic mass is 10.2. The van der Waals surface area contributed by atoms with Gasteiger partial charge in [0.1, 0.15) is 0 Å². The Labute approximate surface area is 141 Å². The number of benzene rings is 1. The molecule has 0 unspecified atom stereocenters. The zero-order chi connectivity index (χ0) is 16.6. The Balaban J connectivity index is 1.43. The number of nitrogens with zero attached hydrogens (tertiary/aromatic N) is 3. The van der Waals surface area contributed by atoms with E-state index in [0.717, 1.165) is 38.1 Å². The number of hydrogen-bond acceptors (Lipinski definition) is 6. The summed E-state index contributed by atoms with van der Waals surface area (Å²) in [5.74, 6) is 2.01. The van der Waals surface area contributed by atoms with Crippen molar-refractivity contribution in [2.75, 3.05) is 18.8 Å². The molecule has 2 aromatic rings. The van der Waals surface area contributed by atoms with E-state index in [1.165, 1.54) is 0 Å². The Morgan fingerprint density at radius 2 is 1.96 bits per heavy atom. The minimum Gasteiger partial charge on any atom is -0.339 e. The Bertz CT molecular complexity index is 799. The van der Waals surface area contributed by atoms with Crippen molar-refractivity contribution in [1.29, 1.82) is 0 Å².